The molecule has 1 aromatic rings. The Labute approximate surface area is 118 Å². The summed E-state index contributed by atoms with van der Waals surface area (Å²) in [5.41, 5.74) is 0. The monoisotopic (exact) mass is 288 g/mol. The molecule has 0 radical (unpaired) electrons. The zero-order valence-corrected chi connectivity index (χ0v) is 12.1. The van der Waals surface area contributed by atoms with Gasteiger partial charge in [-0.25, -0.2) is 4.98 Å². The molecule has 2 heterocycles. The van der Waals surface area contributed by atoms with Crippen LogP contribution in [0.5, 0.6) is 0 Å². The molecule has 18 heavy (non-hydrogen) atoms. The molecule has 0 aromatic carbocycles. The molecule has 100 valence electrons. The van der Waals surface area contributed by atoms with Crippen molar-refractivity contribution in [2.75, 3.05) is 37.8 Å². The zero-order chi connectivity index (χ0) is 13.1. The highest BCUT2D eigenvalue weighted by Crippen LogP contribution is 2.30. The smallest absolute Gasteiger partial charge is 0.147 e. The summed E-state index contributed by atoms with van der Waals surface area (Å²) in [6, 6.07) is 2.15. The SMILES string of the molecule is CNc1nc(NC2CCN(C)CC2)c(Cl)cc1Cl. The van der Waals surface area contributed by atoms with E-state index in [1.54, 1.807) is 13.1 Å². The van der Waals surface area contributed by atoms with E-state index in [4.69, 9.17) is 23.2 Å². The van der Waals surface area contributed by atoms with E-state index >= 15 is 0 Å². The van der Waals surface area contributed by atoms with Gasteiger partial charge in [0.25, 0.3) is 0 Å². The Morgan fingerprint density at radius 1 is 1.22 bits per heavy atom. The first-order chi connectivity index (χ1) is 8.60. The summed E-state index contributed by atoms with van der Waals surface area (Å²) in [6.07, 6.45) is 2.21. The van der Waals surface area contributed by atoms with Crippen LogP contribution in [0.4, 0.5) is 11.6 Å². The number of nitrogens with one attached hydrogen (secondary N) is 2. The number of piperidine rings is 1. The first-order valence-corrected chi connectivity index (χ1v) is 6.84. The summed E-state index contributed by atoms with van der Waals surface area (Å²) in [6.45, 7) is 2.20. The number of pyridine rings is 1. The number of nitrogens with zero attached hydrogens (tertiary/aromatic N) is 2. The Morgan fingerprint density at radius 3 is 2.44 bits per heavy atom. The molecular formula is C12H18Cl2N4. The van der Waals surface area contributed by atoms with Gasteiger partial charge in [-0.05, 0) is 39.0 Å². The lowest BCUT2D eigenvalue weighted by atomic mass is 10.1. The minimum Gasteiger partial charge on any atom is -0.372 e. The van der Waals surface area contributed by atoms with Gasteiger partial charge in [-0.1, -0.05) is 23.2 Å². The second kappa shape index (κ2) is 5.95. The molecule has 0 bridgehead atoms. The number of hydrogen-bond acceptors (Lipinski definition) is 4. The van der Waals surface area contributed by atoms with Crippen molar-refractivity contribution in [3.05, 3.63) is 16.1 Å². The second-order valence-corrected chi connectivity index (χ2v) is 5.44. The van der Waals surface area contributed by atoms with Crippen LogP contribution in [0.2, 0.25) is 10.0 Å². The van der Waals surface area contributed by atoms with Gasteiger partial charge in [-0.3, -0.25) is 0 Å². The first kappa shape index (κ1) is 13.7. The maximum Gasteiger partial charge on any atom is 0.147 e. The molecule has 0 unspecified atom stereocenters. The molecule has 0 amide bonds. The fourth-order valence-corrected chi connectivity index (χ4v) is 2.60. The van der Waals surface area contributed by atoms with Gasteiger partial charge in [0.15, 0.2) is 0 Å². The number of anilines is 2. The highest BCUT2D eigenvalue weighted by atomic mass is 35.5. The molecule has 0 atom stereocenters. The fraction of sp³-hybridized carbons (Fsp3) is 0.583. The lowest BCUT2D eigenvalue weighted by Gasteiger charge is -2.30. The molecule has 0 saturated carbocycles. The summed E-state index contributed by atoms with van der Waals surface area (Å²) in [5, 5.41) is 7.47. The lowest BCUT2D eigenvalue weighted by Crippen LogP contribution is -2.36. The Hall–Kier alpha value is -0.710. The molecule has 1 aromatic heterocycles. The van der Waals surface area contributed by atoms with Crippen molar-refractivity contribution in [3.63, 3.8) is 0 Å². The summed E-state index contributed by atoms with van der Waals surface area (Å²) < 4.78 is 0. The lowest BCUT2D eigenvalue weighted by molar-refractivity contribution is 0.263. The summed E-state index contributed by atoms with van der Waals surface area (Å²) in [7, 11) is 3.93. The van der Waals surface area contributed by atoms with Crippen LogP contribution in [0.25, 0.3) is 0 Å². The van der Waals surface area contributed by atoms with Gasteiger partial charge in [0.1, 0.15) is 11.6 Å². The van der Waals surface area contributed by atoms with Crippen LogP contribution in [0.3, 0.4) is 0 Å². The fourth-order valence-electron chi connectivity index (χ4n) is 2.09. The Kier molecular flexibility index (Phi) is 4.54. The molecule has 1 fully saturated rings. The third-order valence-electron chi connectivity index (χ3n) is 3.23. The topological polar surface area (TPSA) is 40.2 Å². The highest BCUT2D eigenvalue weighted by Gasteiger charge is 2.18. The van der Waals surface area contributed by atoms with Crippen molar-refractivity contribution >= 4 is 34.8 Å². The molecule has 1 saturated heterocycles. The van der Waals surface area contributed by atoms with Gasteiger partial charge in [-0.15, -0.1) is 0 Å². The van der Waals surface area contributed by atoms with Crippen LogP contribution in [0.15, 0.2) is 6.07 Å². The van der Waals surface area contributed by atoms with Crippen molar-refractivity contribution in [2.24, 2.45) is 0 Å². The van der Waals surface area contributed by atoms with Crippen molar-refractivity contribution < 1.29 is 0 Å². The van der Waals surface area contributed by atoms with Crippen molar-refractivity contribution in [1.29, 1.82) is 0 Å². The van der Waals surface area contributed by atoms with E-state index in [1.165, 1.54) is 0 Å². The van der Waals surface area contributed by atoms with E-state index in [0.717, 1.165) is 25.9 Å². The predicted molar refractivity (Wildman–Crippen MR) is 77.9 cm³/mol. The number of rotatable bonds is 3. The summed E-state index contributed by atoms with van der Waals surface area (Å²) in [4.78, 5) is 6.73. The Bertz CT molecular complexity index is 417. The molecule has 2 N–H and O–H groups in total. The molecule has 2 rings (SSSR count). The van der Waals surface area contributed by atoms with Gasteiger partial charge in [-0.2, -0.15) is 0 Å². The normalized spacial score (nSPS) is 17.8. The maximum absolute atomic E-state index is 6.16. The van der Waals surface area contributed by atoms with E-state index < -0.39 is 0 Å². The minimum atomic E-state index is 0.428. The molecule has 0 aliphatic carbocycles. The van der Waals surface area contributed by atoms with E-state index in [2.05, 4.69) is 27.6 Å². The first-order valence-electron chi connectivity index (χ1n) is 6.09. The van der Waals surface area contributed by atoms with Crippen LogP contribution in [-0.2, 0) is 0 Å². The Balaban J connectivity index is 2.09. The van der Waals surface area contributed by atoms with Crippen molar-refractivity contribution in [2.45, 2.75) is 18.9 Å². The van der Waals surface area contributed by atoms with E-state index in [-0.39, 0.29) is 0 Å². The van der Waals surface area contributed by atoms with E-state index in [9.17, 15) is 0 Å². The Morgan fingerprint density at radius 2 is 1.83 bits per heavy atom. The zero-order valence-electron chi connectivity index (χ0n) is 10.6. The maximum atomic E-state index is 6.16. The van der Waals surface area contributed by atoms with Gasteiger partial charge < -0.3 is 15.5 Å². The van der Waals surface area contributed by atoms with Gasteiger partial charge in [0.05, 0.1) is 10.0 Å². The molecular weight excluding hydrogens is 271 g/mol. The largest absolute Gasteiger partial charge is 0.372 e. The molecule has 4 nitrogen and oxygen atoms in total. The van der Waals surface area contributed by atoms with E-state index in [1.807, 2.05) is 0 Å². The van der Waals surface area contributed by atoms with Crippen LogP contribution in [-0.4, -0.2) is 43.1 Å². The standard InChI is InChI=1S/C12H18Cl2N4/c1-15-11-9(13)7-10(14)12(17-11)16-8-3-5-18(2)6-4-8/h7-8H,3-6H2,1-2H3,(H2,15,16,17). The van der Waals surface area contributed by atoms with Crippen LogP contribution < -0.4 is 10.6 Å². The summed E-state index contributed by atoms with van der Waals surface area (Å²) in [5.74, 6) is 1.36. The third kappa shape index (κ3) is 3.19. The second-order valence-electron chi connectivity index (χ2n) is 4.62. The van der Waals surface area contributed by atoms with Crippen LogP contribution >= 0.6 is 23.2 Å². The average Bonchev–Trinajstić information content (AvgIpc) is 2.35. The molecule has 1 aliphatic rings. The van der Waals surface area contributed by atoms with Crippen molar-refractivity contribution in [3.8, 4) is 0 Å². The highest BCUT2D eigenvalue weighted by molar-refractivity contribution is 6.37. The van der Waals surface area contributed by atoms with Gasteiger partial charge in [0, 0.05) is 13.1 Å². The predicted octanol–water partition coefficient (Wildman–Crippen LogP) is 2.94. The number of hydrogen-bond donors (Lipinski definition) is 2. The molecule has 1 aliphatic heterocycles. The van der Waals surface area contributed by atoms with Crippen LogP contribution in [0, 0.1) is 0 Å². The van der Waals surface area contributed by atoms with E-state index in [0.29, 0.717) is 27.7 Å². The van der Waals surface area contributed by atoms with Crippen LogP contribution in [0.1, 0.15) is 12.8 Å². The van der Waals surface area contributed by atoms with Gasteiger partial charge in [0.2, 0.25) is 0 Å². The minimum absolute atomic E-state index is 0.428. The number of likely N-dealkylation sites (tertiary alicyclic amines) is 1. The summed E-state index contributed by atoms with van der Waals surface area (Å²) >= 11 is 12.2. The quantitative estimate of drug-likeness (QED) is 0.897. The van der Waals surface area contributed by atoms with Crippen molar-refractivity contribution in [1.82, 2.24) is 9.88 Å². The molecule has 6 heteroatoms. The number of halogens is 2. The number of aromatic nitrogens is 1. The molecule has 0 spiro atoms. The third-order valence-corrected chi connectivity index (χ3v) is 3.80. The average molecular weight is 289 g/mol. The van der Waals surface area contributed by atoms with Gasteiger partial charge >= 0.3 is 0 Å².